The van der Waals surface area contributed by atoms with Crippen molar-refractivity contribution in [2.24, 2.45) is 0 Å². The van der Waals surface area contributed by atoms with Gasteiger partial charge in [0.05, 0.1) is 0 Å². The van der Waals surface area contributed by atoms with E-state index in [1.165, 1.54) is 0 Å². The summed E-state index contributed by atoms with van der Waals surface area (Å²) in [6.45, 7) is 0.680. The van der Waals surface area contributed by atoms with Crippen LogP contribution in [-0.4, -0.2) is 49.0 Å². The smallest absolute Gasteiger partial charge is 0.359 e. The number of amides is 1. The molecule has 0 spiro atoms. The van der Waals surface area contributed by atoms with E-state index in [2.05, 4.69) is 12.6 Å². The first kappa shape index (κ1) is 20.4. The van der Waals surface area contributed by atoms with E-state index in [0.29, 0.717) is 13.3 Å². The monoisotopic (exact) mass is 343 g/mol. The molecule has 0 rings (SSSR count). The summed E-state index contributed by atoms with van der Waals surface area (Å²) in [5, 5.41) is 17.7. The van der Waals surface area contributed by atoms with Crippen molar-refractivity contribution in [1.82, 2.24) is 5.32 Å². The summed E-state index contributed by atoms with van der Waals surface area (Å²) in [6, 6.07) is -2.08. The summed E-state index contributed by atoms with van der Waals surface area (Å²) in [5.74, 6) is -1.65. The summed E-state index contributed by atoms with van der Waals surface area (Å²) in [5.41, 5.74) is 0. The van der Waals surface area contributed by atoms with Gasteiger partial charge in [-0.25, -0.2) is 4.79 Å². The number of unbranched alkanes of at least 4 members (excludes halogenated alkanes) is 3. The zero-order valence-corrected chi connectivity index (χ0v) is 13.5. The molecule has 0 aliphatic heterocycles. The second-order valence-corrected chi connectivity index (χ2v) is 7.31. The number of hydrogen-bond donors (Lipinski definition) is 6. The van der Waals surface area contributed by atoms with E-state index in [-0.39, 0.29) is 6.42 Å². The Bertz CT molecular complexity index is 409. The van der Waals surface area contributed by atoms with E-state index in [1.807, 2.05) is 5.32 Å². The average molecular weight is 343 g/mol. The number of aliphatic carboxylic acids is 1. The molecule has 0 aromatic rings. The van der Waals surface area contributed by atoms with Crippen LogP contribution in [0.4, 0.5) is 0 Å². The average Bonchev–Trinajstić information content (AvgIpc) is 2.33. The molecule has 10 heteroatoms. The maximum atomic E-state index is 11.6. The van der Waals surface area contributed by atoms with Crippen LogP contribution in [0.1, 0.15) is 39.0 Å². The Morgan fingerprint density at radius 3 is 2.19 bits per heavy atom. The topological polar surface area (TPSA) is 144 Å². The van der Waals surface area contributed by atoms with Gasteiger partial charge in [-0.1, -0.05) is 12.8 Å². The Kier molecular flexibility index (Phi) is 8.50. The van der Waals surface area contributed by atoms with Gasteiger partial charge in [0.25, 0.3) is 0 Å². The molecule has 8 nitrogen and oxygen atoms in total. The largest absolute Gasteiger partial charge is 0.480 e. The van der Waals surface area contributed by atoms with Gasteiger partial charge in [-0.2, -0.15) is 12.6 Å². The summed E-state index contributed by atoms with van der Waals surface area (Å²) >= 11 is 4.04. The summed E-state index contributed by atoms with van der Waals surface area (Å²) in [4.78, 5) is 40.6. The molecule has 0 heterocycles. The maximum Gasteiger partial charge on any atom is 0.359 e. The Morgan fingerprint density at radius 2 is 1.76 bits per heavy atom. The minimum Gasteiger partial charge on any atom is -0.480 e. The Hall–Kier alpha value is -0.600. The van der Waals surface area contributed by atoms with E-state index >= 15 is 0 Å². The molecule has 0 fully saturated rings. The molecule has 21 heavy (non-hydrogen) atoms. The number of carboxylic acids is 1. The molecule has 1 unspecified atom stereocenters. The standard InChI is InChI=1S/C11H22NO7PS/c1-11(16,20(17,18)19)9(10(14)15)12-8(13)6-4-2-3-5-7-21/h9,16,21H,2-7H2,1H3,(H,12,13)(H,14,15)(H2,17,18,19)/t9-,11?/m1/s1. The quantitative estimate of drug-likeness (QED) is 0.190. The number of hydrogen-bond acceptors (Lipinski definition) is 5. The number of carbonyl (C=O) groups is 2. The Labute approximate surface area is 128 Å². The van der Waals surface area contributed by atoms with E-state index in [0.717, 1.165) is 25.0 Å². The first-order chi connectivity index (χ1) is 9.54. The fraction of sp³-hybridized carbons (Fsp3) is 0.818. The number of carboxylic acid groups (broad SMARTS) is 1. The minimum atomic E-state index is -5.12. The van der Waals surface area contributed by atoms with Crippen molar-refractivity contribution in [2.45, 2.75) is 50.4 Å². The highest BCUT2D eigenvalue weighted by atomic mass is 32.1. The predicted molar refractivity (Wildman–Crippen MR) is 79.2 cm³/mol. The fourth-order valence-electron chi connectivity index (χ4n) is 1.58. The van der Waals surface area contributed by atoms with Crippen LogP contribution in [0, 0.1) is 0 Å². The lowest BCUT2D eigenvalue weighted by Crippen LogP contribution is -2.55. The number of nitrogens with one attached hydrogen (secondary N) is 1. The van der Waals surface area contributed by atoms with E-state index < -0.39 is 30.9 Å². The first-order valence-electron chi connectivity index (χ1n) is 6.45. The summed E-state index contributed by atoms with van der Waals surface area (Å²) in [6.07, 6.45) is 3.10. The van der Waals surface area contributed by atoms with Gasteiger partial charge in [-0.3, -0.25) is 9.36 Å². The van der Waals surface area contributed by atoms with Crippen LogP contribution in [0.5, 0.6) is 0 Å². The van der Waals surface area contributed by atoms with Crippen molar-refractivity contribution >= 4 is 32.1 Å². The van der Waals surface area contributed by atoms with Gasteiger partial charge in [0.15, 0.2) is 11.4 Å². The molecule has 5 N–H and O–H groups in total. The van der Waals surface area contributed by atoms with Crippen LogP contribution in [0.2, 0.25) is 0 Å². The first-order valence-corrected chi connectivity index (χ1v) is 8.69. The third-order valence-corrected chi connectivity index (χ3v) is 4.75. The minimum absolute atomic E-state index is 0.0214. The molecule has 0 aromatic carbocycles. The molecular weight excluding hydrogens is 321 g/mol. The molecule has 0 aliphatic rings. The van der Waals surface area contributed by atoms with Crippen molar-refractivity contribution in [3.63, 3.8) is 0 Å². The third kappa shape index (κ3) is 6.80. The second kappa shape index (κ2) is 8.75. The molecule has 124 valence electrons. The molecule has 0 aromatic heterocycles. The molecule has 0 bridgehead atoms. The second-order valence-electron chi connectivity index (χ2n) is 4.86. The highest BCUT2D eigenvalue weighted by Gasteiger charge is 2.51. The van der Waals surface area contributed by atoms with Gasteiger partial charge in [-0.05, 0) is 25.5 Å². The molecule has 2 atom stereocenters. The van der Waals surface area contributed by atoms with E-state index in [4.69, 9.17) is 14.9 Å². The Balaban J connectivity index is 4.56. The van der Waals surface area contributed by atoms with E-state index in [1.54, 1.807) is 0 Å². The summed E-state index contributed by atoms with van der Waals surface area (Å²) in [7, 11) is -5.12. The van der Waals surface area contributed by atoms with Crippen molar-refractivity contribution in [1.29, 1.82) is 0 Å². The van der Waals surface area contributed by atoms with Gasteiger partial charge in [0.2, 0.25) is 5.91 Å². The third-order valence-electron chi connectivity index (χ3n) is 3.00. The zero-order chi connectivity index (χ0) is 16.7. The van der Waals surface area contributed by atoms with Crippen molar-refractivity contribution < 1.29 is 34.2 Å². The van der Waals surface area contributed by atoms with Gasteiger partial charge in [0.1, 0.15) is 0 Å². The maximum absolute atomic E-state index is 11.6. The van der Waals surface area contributed by atoms with Gasteiger partial charge in [0, 0.05) is 6.42 Å². The van der Waals surface area contributed by atoms with Crippen LogP contribution in [0.3, 0.4) is 0 Å². The predicted octanol–water partition coefficient (Wildman–Crippen LogP) is 0.322. The van der Waals surface area contributed by atoms with Crippen LogP contribution in [0.15, 0.2) is 0 Å². The number of aliphatic hydroxyl groups is 1. The fourth-order valence-corrected chi connectivity index (χ4v) is 2.32. The van der Waals surface area contributed by atoms with Crippen molar-refractivity contribution in [2.75, 3.05) is 5.75 Å². The van der Waals surface area contributed by atoms with Gasteiger partial charge < -0.3 is 25.3 Å². The normalized spacial score (nSPS) is 16.0. The van der Waals surface area contributed by atoms with Crippen molar-refractivity contribution in [3.05, 3.63) is 0 Å². The highest BCUT2D eigenvalue weighted by Crippen LogP contribution is 2.50. The SMILES string of the molecule is CC(O)([C@H](NC(=O)CCCCCCS)C(=O)O)P(=O)(O)O. The molecule has 0 radical (unpaired) electrons. The van der Waals surface area contributed by atoms with Gasteiger partial charge in [-0.15, -0.1) is 0 Å². The lowest BCUT2D eigenvalue weighted by molar-refractivity contribution is -0.146. The van der Waals surface area contributed by atoms with Crippen LogP contribution >= 0.6 is 20.2 Å². The molecule has 0 saturated carbocycles. The van der Waals surface area contributed by atoms with Crippen LogP contribution in [0.25, 0.3) is 0 Å². The van der Waals surface area contributed by atoms with Gasteiger partial charge >= 0.3 is 13.6 Å². The summed E-state index contributed by atoms with van der Waals surface area (Å²) < 4.78 is 11.1. The molecular formula is C11H22NO7PS. The lowest BCUT2D eigenvalue weighted by atomic mass is 10.1. The van der Waals surface area contributed by atoms with E-state index in [9.17, 15) is 19.3 Å². The van der Waals surface area contributed by atoms with Crippen LogP contribution in [-0.2, 0) is 14.2 Å². The molecule has 0 aliphatic carbocycles. The van der Waals surface area contributed by atoms with Crippen molar-refractivity contribution in [3.8, 4) is 0 Å². The zero-order valence-electron chi connectivity index (χ0n) is 11.7. The van der Waals surface area contributed by atoms with Crippen LogP contribution < -0.4 is 5.32 Å². The number of rotatable bonds is 10. The molecule has 0 saturated heterocycles. The lowest BCUT2D eigenvalue weighted by Gasteiger charge is -2.30. The number of thiol groups is 1. The Morgan fingerprint density at radius 1 is 1.24 bits per heavy atom. The highest BCUT2D eigenvalue weighted by molar-refractivity contribution is 7.80. The number of carbonyl (C=O) groups excluding carboxylic acids is 1. The molecule has 1 amide bonds.